The van der Waals surface area contributed by atoms with Crippen LogP contribution in [0.1, 0.15) is 44.9 Å². The summed E-state index contributed by atoms with van der Waals surface area (Å²) in [6.07, 6.45) is 12.1. The molecule has 4 fully saturated rings. The SMILES string of the molecule is CN(C)c1ncc(NC(=O)CC23CC4CC(CC(C4)C2)C3)cn1. The van der Waals surface area contributed by atoms with Crippen molar-refractivity contribution in [3.8, 4) is 0 Å². The monoisotopic (exact) mass is 314 g/mol. The van der Waals surface area contributed by atoms with Gasteiger partial charge in [-0.3, -0.25) is 4.79 Å². The van der Waals surface area contributed by atoms with Crippen molar-refractivity contribution in [3.05, 3.63) is 12.4 Å². The Morgan fingerprint density at radius 1 is 1.13 bits per heavy atom. The number of rotatable bonds is 4. The summed E-state index contributed by atoms with van der Waals surface area (Å²) in [5, 5.41) is 3.00. The molecule has 5 rings (SSSR count). The van der Waals surface area contributed by atoms with Gasteiger partial charge in [0.15, 0.2) is 0 Å². The second kappa shape index (κ2) is 5.46. The normalized spacial score (nSPS) is 34.4. The Morgan fingerprint density at radius 2 is 1.65 bits per heavy atom. The molecule has 0 unspecified atom stereocenters. The lowest BCUT2D eigenvalue weighted by molar-refractivity contribution is -0.124. The van der Waals surface area contributed by atoms with Gasteiger partial charge in [0.25, 0.3) is 0 Å². The first-order chi connectivity index (χ1) is 11.0. The van der Waals surface area contributed by atoms with Crippen molar-refractivity contribution >= 4 is 17.5 Å². The molecule has 5 nitrogen and oxygen atoms in total. The first-order valence-corrected chi connectivity index (χ1v) is 8.81. The van der Waals surface area contributed by atoms with Crippen LogP contribution in [0, 0.1) is 23.2 Å². The van der Waals surface area contributed by atoms with Gasteiger partial charge in [-0.2, -0.15) is 0 Å². The van der Waals surface area contributed by atoms with Crippen LogP contribution in [0.15, 0.2) is 12.4 Å². The number of nitrogens with one attached hydrogen (secondary N) is 1. The number of hydrogen-bond donors (Lipinski definition) is 1. The maximum atomic E-state index is 12.5. The molecule has 0 aliphatic heterocycles. The highest BCUT2D eigenvalue weighted by atomic mass is 16.1. The zero-order valence-electron chi connectivity index (χ0n) is 14.1. The molecular weight excluding hydrogens is 288 g/mol. The van der Waals surface area contributed by atoms with Crippen LogP contribution in [-0.4, -0.2) is 30.0 Å². The highest BCUT2D eigenvalue weighted by Crippen LogP contribution is 2.61. The molecule has 0 saturated heterocycles. The molecule has 1 N–H and O–H groups in total. The quantitative estimate of drug-likeness (QED) is 0.928. The summed E-state index contributed by atoms with van der Waals surface area (Å²) in [5.74, 6) is 3.45. The van der Waals surface area contributed by atoms with Crippen LogP contribution in [0.4, 0.5) is 11.6 Å². The Hall–Kier alpha value is -1.65. The number of anilines is 2. The van der Waals surface area contributed by atoms with E-state index in [4.69, 9.17) is 0 Å². The summed E-state index contributed by atoms with van der Waals surface area (Å²) in [7, 11) is 3.81. The van der Waals surface area contributed by atoms with Gasteiger partial charge in [-0.1, -0.05) is 0 Å². The van der Waals surface area contributed by atoms with Gasteiger partial charge >= 0.3 is 0 Å². The van der Waals surface area contributed by atoms with E-state index in [1.165, 1.54) is 38.5 Å². The average Bonchev–Trinajstić information content (AvgIpc) is 2.45. The summed E-state index contributed by atoms with van der Waals surface area (Å²) < 4.78 is 0. The summed E-state index contributed by atoms with van der Waals surface area (Å²) in [6.45, 7) is 0. The number of hydrogen-bond acceptors (Lipinski definition) is 4. The van der Waals surface area contributed by atoms with Crippen molar-refractivity contribution in [2.75, 3.05) is 24.3 Å². The van der Waals surface area contributed by atoms with E-state index in [1.54, 1.807) is 12.4 Å². The van der Waals surface area contributed by atoms with Crippen LogP contribution in [0.5, 0.6) is 0 Å². The summed E-state index contributed by atoms with van der Waals surface area (Å²) in [5.41, 5.74) is 0.980. The molecule has 1 heterocycles. The first kappa shape index (κ1) is 14.9. The number of nitrogens with zero attached hydrogens (tertiary/aromatic N) is 3. The second-order valence-electron chi connectivity index (χ2n) is 8.31. The van der Waals surface area contributed by atoms with Gasteiger partial charge in [0, 0.05) is 20.5 Å². The highest BCUT2D eigenvalue weighted by Gasteiger charge is 2.51. The molecule has 5 heteroatoms. The van der Waals surface area contributed by atoms with Gasteiger partial charge in [0.2, 0.25) is 11.9 Å². The van der Waals surface area contributed by atoms with Gasteiger partial charge in [-0.05, 0) is 61.7 Å². The van der Waals surface area contributed by atoms with Gasteiger partial charge in [0.1, 0.15) is 0 Å². The summed E-state index contributed by atoms with van der Waals surface area (Å²) in [6, 6.07) is 0. The Balaban J connectivity index is 1.40. The number of amides is 1. The third kappa shape index (κ3) is 2.93. The van der Waals surface area contributed by atoms with E-state index in [1.807, 2.05) is 19.0 Å². The minimum absolute atomic E-state index is 0.133. The molecule has 4 aliphatic rings. The van der Waals surface area contributed by atoms with Crippen LogP contribution in [0.3, 0.4) is 0 Å². The zero-order valence-corrected chi connectivity index (χ0v) is 14.1. The van der Waals surface area contributed by atoms with E-state index in [0.29, 0.717) is 18.1 Å². The van der Waals surface area contributed by atoms with E-state index < -0.39 is 0 Å². The molecule has 23 heavy (non-hydrogen) atoms. The predicted octanol–water partition coefficient (Wildman–Crippen LogP) is 3.09. The van der Waals surface area contributed by atoms with E-state index >= 15 is 0 Å². The molecule has 4 saturated carbocycles. The van der Waals surface area contributed by atoms with Gasteiger partial charge in [-0.15, -0.1) is 0 Å². The molecule has 0 radical (unpaired) electrons. The van der Waals surface area contributed by atoms with Crippen LogP contribution in [-0.2, 0) is 4.79 Å². The van der Waals surface area contributed by atoms with Crippen LogP contribution in [0.2, 0.25) is 0 Å². The fourth-order valence-corrected chi connectivity index (χ4v) is 5.67. The Bertz CT molecular complexity index is 560. The molecule has 4 bridgehead atoms. The molecule has 0 aromatic carbocycles. The fraction of sp³-hybridized carbons (Fsp3) is 0.722. The van der Waals surface area contributed by atoms with Crippen molar-refractivity contribution in [1.29, 1.82) is 0 Å². The average molecular weight is 314 g/mol. The molecule has 4 aliphatic carbocycles. The topological polar surface area (TPSA) is 58.1 Å². The van der Waals surface area contributed by atoms with Crippen molar-refractivity contribution < 1.29 is 4.79 Å². The molecule has 124 valence electrons. The minimum atomic E-state index is 0.133. The van der Waals surface area contributed by atoms with Crippen molar-refractivity contribution in [2.24, 2.45) is 23.2 Å². The molecule has 1 amide bonds. The van der Waals surface area contributed by atoms with E-state index in [2.05, 4.69) is 15.3 Å². The van der Waals surface area contributed by atoms with E-state index in [9.17, 15) is 4.79 Å². The number of aromatic nitrogens is 2. The summed E-state index contributed by atoms with van der Waals surface area (Å²) >= 11 is 0. The Morgan fingerprint density at radius 3 is 2.13 bits per heavy atom. The zero-order chi connectivity index (χ0) is 16.0. The number of carbonyl (C=O) groups is 1. The van der Waals surface area contributed by atoms with E-state index in [-0.39, 0.29) is 11.3 Å². The Kier molecular flexibility index (Phi) is 3.54. The third-order valence-corrected chi connectivity index (χ3v) is 6.02. The maximum absolute atomic E-state index is 12.5. The van der Waals surface area contributed by atoms with Gasteiger partial charge < -0.3 is 10.2 Å². The van der Waals surface area contributed by atoms with Crippen LogP contribution < -0.4 is 10.2 Å². The first-order valence-electron chi connectivity index (χ1n) is 8.81. The lowest BCUT2D eigenvalue weighted by atomic mass is 9.49. The Labute approximate surface area is 137 Å². The molecule has 1 aromatic rings. The van der Waals surface area contributed by atoms with Crippen LogP contribution >= 0.6 is 0 Å². The maximum Gasteiger partial charge on any atom is 0.225 e. The smallest absolute Gasteiger partial charge is 0.225 e. The summed E-state index contributed by atoms with van der Waals surface area (Å²) in [4.78, 5) is 22.9. The van der Waals surface area contributed by atoms with Crippen molar-refractivity contribution in [1.82, 2.24) is 9.97 Å². The standard InChI is InChI=1S/C18H26N4O/c1-22(2)17-19-10-15(11-20-17)21-16(23)9-18-6-12-3-13(7-18)5-14(4-12)8-18/h10-14H,3-9H2,1-2H3,(H,21,23). The van der Waals surface area contributed by atoms with Crippen molar-refractivity contribution in [3.63, 3.8) is 0 Å². The van der Waals surface area contributed by atoms with Crippen LogP contribution in [0.25, 0.3) is 0 Å². The fourth-order valence-electron chi connectivity index (χ4n) is 5.67. The minimum Gasteiger partial charge on any atom is -0.347 e. The van der Waals surface area contributed by atoms with Gasteiger partial charge in [-0.25, -0.2) is 9.97 Å². The molecule has 0 atom stereocenters. The third-order valence-electron chi connectivity index (χ3n) is 6.02. The van der Waals surface area contributed by atoms with Crippen molar-refractivity contribution in [2.45, 2.75) is 44.9 Å². The number of carbonyl (C=O) groups excluding carboxylic acids is 1. The van der Waals surface area contributed by atoms with E-state index in [0.717, 1.165) is 17.8 Å². The molecule has 1 aromatic heterocycles. The largest absolute Gasteiger partial charge is 0.347 e. The second-order valence-corrected chi connectivity index (χ2v) is 8.31. The lowest BCUT2D eigenvalue weighted by Crippen LogP contribution is -2.47. The lowest BCUT2D eigenvalue weighted by Gasteiger charge is -2.56. The van der Waals surface area contributed by atoms with Gasteiger partial charge in [0.05, 0.1) is 18.1 Å². The predicted molar refractivity (Wildman–Crippen MR) is 90.2 cm³/mol. The molecule has 0 spiro atoms. The molecular formula is C18H26N4O. The highest BCUT2D eigenvalue weighted by molar-refractivity contribution is 5.90.